The second kappa shape index (κ2) is 8.93. The Morgan fingerprint density at radius 1 is 1.04 bits per heavy atom. The largest absolute Gasteiger partial charge is 0.350 e. The lowest BCUT2D eigenvalue weighted by molar-refractivity contribution is -0.123. The summed E-state index contributed by atoms with van der Waals surface area (Å²) in [5.74, 6) is -0.0110. The van der Waals surface area contributed by atoms with Crippen LogP contribution < -0.4 is 10.6 Å². The molecule has 3 rings (SSSR count). The van der Waals surface area contributed by atoms with E-state index in [4.69, 9.17) is 0 Å². The van der Waals surface area contributed by atoms with Crippen molar-refractivity contribution < 1.29 is 9.59 Å². The predicted octanol–water partition coefficient (Wildman–Crippen LogP) is 1.55. The molecular formula is C19H28N6O2S. The van der Waals surface area contributed by atoms with Crippen molar-refractivity contribution in [2.45, 2.75) is 32.7 Å². The number of amides is 2. The molecule has 2 aromatic rings. The summed E-state index contributed by atoms with van der Waals surface area (Å²) in [5.41, 5.74) is 2.00. The van der Waals surface area contributed by atoms with E-state index >= 15 is 0 Å². The van der Waals surface area contributed by atoms with Crippen LogP contribution >= 0.6 is 11.7 Å². The molecule has 1 saturated heterocycles. The molecule has 2 heterocycles. The van der Waals surface area contributed by atoms with Crippen molar-refractivity contribution in [2.75, 3.05) is 44.6 Å². The number of carbonyl (C=O) groups excluding carboxylic acids is 2. The first-order valence-electron chi connectivity index (χ1n) is 9.57. The normalized spacial score (nSPS) is 16.7. The molecule has 1 aromatic heterocycles. The number of benzene rings is 1. The monoisotopic (exact) mass is 404 g/mol. The molecule has 9 heteroatoms. The fourth-order valence-electron chi connectivity index (χ4n) is 3.30. The van der Waals surface area contributed by atoms with E-state index in [1.807, 2.05) is 39.0 Å². The van der Waals surface area contributed by atoms with E-state index < -0.39 is 0 Å². The van der Waals surface area contributed by atoms with Gasteiger partial charge in [0, 0.05) is 18.6 Å². The Hall–Kier alpha value is -2.10. The van der Waals surface area contributed by atoms with Crippen molar-refractivity contribution in [2.24, 2.45) is 0 Å². The zero-order valence-corrected chi connectivity index (χ0v) is 17.5. The van der Waals surface area contributed by atoms with Gasteiger partial charge in [0.1, 0.15) is 11.0 Å². The van der Waals surface area contributed by atoms with Crippen molar-refractivity contribution in [3.8, 4) is 0 Å². The number of carbonyl (C=O) groups is 2. The van der Waals surface area contributed by atoms with Crippen LogP contribution in [0.4, 0.5) is 5.69 Å². The lowest BCUT2D eigenvalue weighted by Crippen LogP contribution is -2.46. The quantitative estimate of drug-likeness (QED) is 0.786. The molecule has 2 amide bonds. The number of anilines is 1. The van der Waals surface area contributed by atoms with E-state index in [0.29, 0.717) is 18.8 Å². The highest BCUT2D eigenvalue weighted by Crippen LogP contribution is 2.21. The highest BCUT2D eigenvalue weighted by molar-refractivity contribution is 7.00. The number of fused-ring (bicyclic) bond motifs is 1. The Bertz CT molecular complexity index is 831. The average Bonchev–Trinajstić information content (AvgIpc) is 2.97. The minimum Gasteiger partial charge on any atom is -0.350 e. The lowest BCUT2D eigenvalue weighted by atomic mass is 10.1. The smallest absolute Gasteiger partial charge is 0.238 e. The Balaban J connectivity index is 1.48. The van der Waals surface area contributed by atoms with Gasteiger partial charge in [0.15, 0.2) is 0 Å². The fraction of sp³-hybridized carbons (Fsp3) is 0.579. The Labute approximate surface area is 169 Å². The number of aromatic nitrogens is 2. The highest BCUT2D eigenvalue weighted by atomic mass is 32.1. The van der Waals surface area contributed by atoms with Crippen molar-refractivity contribution in [1.82, 2.24) is 23.9 Å². The molecule has 0 aliphatic carbocycles. The van der Waals surface area contributed by atoms with E-state index in [1.54, 1.807) is 0 Å². The maximum Gasteiger partial charge on any atom is 0.238 e. The third-order valence-corrected chi connectivity index (χ3v) is 5.03. The van der Waals surface area contributed by atoms with E-state index in [9.17, 15) is 9.59 Å². The Morgan fingerprint density at radius 2 is 1.71 bits per heavy atom. The molecule has 1 aliphatic rings. The van der Waals surface area contributed by atoms with Crippen LogP contribution in [0.15, 0.2) is 18.2 Å². The van der Waals surface area contributed by atoms with Crippen LogP contribution in [0.25, 0.3) is 11.0 Å². The second-order valence-electron chi connectivity index (χ2n) is 8.19. The van der Waals surface area contributed by atoms with Crippen molar-refractivity contribution in [3.05, 3.63) is 18.2 Å². The Kier molecular flexibility index (Phi) is 6.58. The third-order valence-electron chi connectivity index (χ3n) is 4.49. The van der Waals surface area contributed by atoms with Gasteiger partial charge in [0.2, 0.25) is 11.8 Å². The number of nitrogens with zero attached hydrogens (tertiary/aromatic N) is 4. The van der Waals surface area contributed by atoms with E-state index in [1.165, 1.54) is 0 Å². The summed E-state index contributed by atoms with van der Waals surface area (Å²) in [5, 5.41) is 5.96. The maximum atomic E-state index is 12.5. The van der Waals surface area contributed by atoms with E-state index in [2.05, 4.69) is 29.2 Å². The molecule has 1 aromatic carbocycles. The molecule has 0 saturated carbocycles. The van der Waals surface area contributed by atoms with Gasteiger partial charge in [0.05, 0.1) is 30.5 Å². The molecule has 0 bridgehead atoms. The van der Waals surface area contributed by atoms with Gasteiger partial charge in [-0.2, -0.15) is 8.75 Å². The van der Waals surface area contributed by atoms with Crippen LogP contribution in [0.1, 0.15) is 27.2 Å². The van der Waals surface area contributed by atoms with Crippen molar-refractivity contribution in [3.63, 3.8) is 0 Å². The second-order valence-corrected chi connectivity index (χ2v) is 8.72. The van der Waals surface area contributed by atoms with Gasteiger partial charge in [-0.05, 0) is 52.4 Å². The molecule has 0 spiro atoms. The van der Waals surface area contributed by atoms with Crippen LogP contribution in [0.3, 0.4) is 0 Å². The standard InChI is InChI=1S/C19H28N6O2S/c1-19(2,3)21-17(27)13-25-9-5-8-24(10-11-25)12-16(26)20-14-6-4-7-15-18(14)23-28-22-15/h4,6-7H,5,8-13H2,1-3H3,(H,20,26)(H,21,27). The zero-order valence-electron chi connectivity index (χ0n) is 16.7. The van der Waals surface area contributed by atoms with Gasteiger partial charge >= 0.3 is 0 Å². The highest BCUT2D eigenvalue weighted by Gasteiger charge is 2.21. The van der Waals surface area contributed by atoms with Gasteiger partial charge in [-0.1, -0.05) is 6.07 Å². The number of hydrogen-bond acceptors (Lipinski definition) is 7. The van der Waals surface area contributed by atoms with Crippen LogP contribution in [0, 0.1) is 0 Å². The van der Waals surface area contributed by atoms with Crippen molar-refractivity contribution in [1.29, 1.82) is 0 Å². The molecule has 152 valence electrons. The first-order valence-corrected chi connectivity index (χ1v) is 10.3. The van der Waals surface area contributed by atoms with Gasteiger partial charge in [-0.25, -0.2) is 0 Å². The molecule has 1 fully saturated rings. The summed E-state index contributed by atoms with van der Waals surface area (Å²) in [6.07, 6.45) is 0.932. The van der Waals surface area contributed by atoms with Crippen LogP contribution in [0.5, 0.6) is 0 Å². The Morgan fingerprint density at radius 3 is 2.39 bits per heavy atom. The molecular weight excluding hydrogens is 376 g/mol. The molecule has 0 atom stereocenters. The topological polar surface area (TPSA) is 90.5 Å². The minimum absolute atomic E-state index is 0.0451. The molecule has 28 heavy (non-hydrogen) atoms. The average molecular weight is 405 g/mol. The SMILES string of the molecule is CC(C)(C)NC(=O)CN1CCCN(CC(=O)Nc2cccc3nsnc23)CC1. The predicted molar refractivity (Wildman–Crippen MR) is 111 cm³/mol. The third kappa shape index (κ3) is 5.95. The van der Waals surface area contributed by atoms with Gasteiger partial charge < -0.3 is 10.6 Å². The van der Waals surface area contributed by atoms with E-state index in [0.717, 1.165) is 55.4 Å². The number of nitrogens with one attached hydrogen (secondary N) is 2. The molecule has 0 unspecified atom stereocenters. The summed E-state index contributed by atoms with van der Waals surface area (Å²) in [7, 11) is 0. The fourth-order valence-corrected chi connectivity index (χ4v) is 3.85. The summed E-state index contributed by atoms with van der Waals surface area (Å²) in [4.78, 5) is 28.9. The lowest BCUT2D eigenvalue weighted by Gasteiger charge is -2.25. The summed E-state index contributed by atoms with van der Waals surface area (Å²) in [6.45, 7) is 9.91. The van der Waals surface area contributed by atoms with Gasteiger partial charge in [0.25, 0.3) is 0 Å². The van der Waals surface area contributed by atoms with E-state index in [-0.39, 0.29) is 17.4 Å². The zero-order chi connectivity index (χ0) is 20.1. The summed E-state index contributed by atoms with van der Waals surface area (Å²) >= 11 is 1.14. The first-order chi connectivity index (χ1) is 13.3. The first kappa shape index (κ1) is 20.6. The number of hydrogen-bond donors (Lipinski definition) is 2. The number of rotatable bonds is 5. The van der Waals surface area contributed by atoms with Crippen molar-refractivity contribution >= 4 is 40.3 Å². The molecule has 2 N–H and O–H groups in total. The minimum atomic E-state index is -0.220. The molecule has 0 radical (unpaired) electrons. The van der Waals surface area contributed by atoms with Crippen LogP contribution in [0.2, 0.25) is 0 Å². The molecule has 8 nitrogen and oxygen atoms in total. The van der Waals surface area contributed by atoms with Gasteiger partial charge in [-0.15, -0.1) is 0 Å². The molecule has 1 aliphatic heterocycles. The van der Waals surface area contributed by atoms with Gasteiger partial charge in [-0.3, -0.25) is 19.4 Å². The summed E-state index contributed by atoms with van der Waals surface area (Å²) < 4.78 is 8.45. The maximum absolute atomic E-state index is 12.5. The summed E-state index contributed by atoms with van der Waals surface area (Å²) in [6, 6.07) is 5.60. The van der Waals surface area contributed by atoms with Crippen LogP contribution in [-0.4, -0.2) is 75.2 Å². The van der Waals surface area contributed by atoms with Crippen LogP contribution in [-0.2, 0) is 9.59 Å².